The Labute approximate surface area is 126 Å². The maximum Gasteiger partial charge on any atom is 0.0249 e. The van der Waals surface area contributed by atoms with Crippen LogP contribution in [0.3, 0.4) is 0 Å². The molecule has 0 amide bonds. The molecule has 0 spiro atoms. The zero-order valence-electron chi connectivity index (χ0n) is 14.0. The lowest BCUT2D eigenvalue weighted by atomic mass is 9.85. The third-order valence-electron chi connectivity index (χ3n) is 5.62. The minimum Gasteiger partial charge on any atom is -0.312 e. The van der Waals surface area contributed by atoms with Gasteiger partial charge in [-0.1, -0.05) is 40.0 Å². The Balaban J connectivity index is 1.90. The average molecular weight is 281 g/mol. The quantitative estimate of drug-likeness (QED) is 0.764. The summed E-state index contributed by atoms with van der Waals surface area (Å²) in [7, 11) is 0. The molecule has 0 aromatic heterocycles. The zero-order valence-corrected chi connectivity index (χ0v) is 14.0. The zero-order chi connectivity index (χ0) is 14.4. The molecule has 2 rings (SSSR count). The van der Waals surface area contributed by atoms with Crippen LogP contribution in [0.2, 0.25) is 0 Å². The van der Waals surface area contributed by atoms with E-state index in [1.165, 1.54) is 71.0 Å². The van der Waals surface area contributed by atoms with Crippen LogP contribution in [0.25, 0.3) is 0 Å². The molecule has 1 aliphatic heterocycles. The van der Waals surface area contributed by atoms with Crippen molar-refractivity contribution in [3.8, 4) is 0 Å². The highest BCUT2D eigenvalue weighted by Gasteiger charge is 2.31. The Morgan fingerprint density at radius 2 is 1.70 bits per heavy atom. The van der Waals surface area contributed by atoms with Crippen molar-refractivity contribution < 1.29 is 0 Å². The lowest BCUT2D eigenvalue weighted by Gasteiger charge is -2.42. The number of piperidine rings is 1. The SMILES string of the molecule is CCCNC1CCCCCC1N1CCC(C(C)C)CC1. The van der Waals surface area contributed by atoms with Crippen molar-refractivity contribution in [1.29, 1.82) is 0 Å². The molecule has 2 nitrogen and oxygen atoms in total. The van der Waals surface area contributed by atoms with Crippen molar-refractivity contribution in [2.45, 2.75) is 84.2 Å². The summed E-state index contributed by atoms with van der Waals surface area (Å²) in [5, 5.41) is 3.85. The van der Waals surface area contributed by atoms with Crippen LogP contribution in [0.5, 0.6) is 0 Å². The molecule has 1 N–H and O–H groups in total. The number of nitrogens with one attached hydrogen (secondary N) is 1. The summed E-state index contributed by atoms with van der Waals surface area (Å²) in [6.45, 7) is 11.0. The summed E-state index contributed by atoms with van der Waals surface area (Å²) in [5.41, 5.74) is 0. The number of rotatable bonds is 5. The van der Waals surface area contributed by atoms with Gasteiger partial charge in [-0.15, -0.1) is 0 Å². The van der Waals surface area contributed by atoms with Crippen LogP contribution >= 0.6 is 0 Å². The van der Waals surface area contributed by atoms with Gasteiger partial charge in [0.25, 0.3) is 0 Å². The second kappa shape index (κ2) is 8.38. The van der Waals surface area contributed by atoms with Crippen LogP contribution in [0.1, 0.15) is 72.1 Å². The van der Waals surface area contributed by atoms with E-state index in [1.807, 2.05) is 0 Å². The van der Waals surface area contributed by atoms with E-state index in [1.54, 1.807) is 0 Å². The summed E-state index contributed by atoms with van der Waals surface area (Å²) >= 11 is 0. The van der Waals surface area contributed by atoms with Gasteiger partial charge in [0.1, 0.15) is 0 Å². The van der Waals surface area contributed by atoms with Gasteiger partial charge in [-0.2, -0.15) is 0 Å². The van der Waals surface area contributed by atoms with Gasteiger partial charge >= 0.3 is 0 Å². The van der Waals surface area contributed by atoms with Gasteiger partial charge in [-0.05, 0) is 63.6 Å². The predicted molar refractivity (Wildman–Crippen MR) is 88.1 cm³/mol. The minimum atomic E-state index is 0.757. The van der Waals surface area contributed by atoms with Crippen molar-refractivity contribution >= 4 is 0 Å². The highest BCUT2D eigenvalue weighted by Crippen LogP contribution is 2.29. The third kappa shape index (κ3) is 4.46. The summed E-state index contributed by atoms with van der Waals surface area (Å²) in [6.07, 6.45) is 11.3. The van der Waals surface area contributed by atoms with Gasteiger partial charge < -0.3 is 5.32 Å². The third-order valence-corrected chi connectivity index (χ3v) is 5.62. The van der Waals surface area contributed by atoms with Gasteiger partial charge in [0.05, 0.1) is 0 Å². The molecule has 0 aromatic carbocycles. The van der Waals surface area contributed by atoms with E-state index in [4.69, 9.17) is 0 Å². The fourth-order valence-electron chi connectivity index (χ4n) is 4.21. The first kappa shape index (κ1) is 16.3. The monoisotopic (exact) mass is 280 g/mol. The smallest absolute Gasteiger partial charge is 0.0249 e. The van der Waals surface area contributed by atoms with E-state index in [9.17, 15) is 0 Å². The van der Waals surface area contributed by atoms with Crippen LogP contribution in [-0.4, -0.2) is 36.6 Å². The molecule has 0 radical (unpaired) electrons. The molecular formula is C18H36N2. The van der Waals surface area contributed by atoms with Crippen molar-refractivity contribution in [2.24, 2.45) is 11.8 Å². The molecule has 118 valence electrons. The van der Waals surface area contributed by atoms with Crippen LogP contribution in [0.15, 0.2) is 0 Å². The fourth-order valence-corrected chi connectivity index (χ4v) is 4.21. The summed E-state index contributed by atoms with van der Waals surface area (Å²) in [6, 6.07) is 1.57. The number of likely N-dealkylation sites (tertiary alicyclic amines) is 1. The molecule has 2 aliphatic rings. The van der Waals surface area contributed by atoms with E-state index in [-0.39, 0.29) is 0 Å². The van der Waals surface area contributed by atoms with Crippen LogP contribution in [0.4, 0.5) is 0 Å². The minimum absolute atomic E-state index is 0.757. The predicted octanol–water partition coefficient (Wildman–Crippen LogP) is 4.06. The number of hydrogen-bond acceptors (Lipinski definition) is 2. The molecule has 2 heteroatoms. The Hall–Kier alpha value is -0.0800. The summed E-state index contributed by atoms with van der Waals surface area (Å²) in [5.74, 6) is 1.85. The average Bonchev–Trinajstić information content (AvgIpc) is 2.70. The van der Waals surface area contributed by atoms with E-state index in [0.29, 0.717) is 0 Å². The molecule has 1 saturated heterocycles. The molecule has 1 saturated carbocycles. The van der Waals surface area contributed by atoms with Crippen LogP contribution in [0, 0.1) is 11.8 Å². The molecule has 2 atom stereocenters. The topological polar surface area (TPSA) is 15.3 Å². The van der Waals surface area contributed by atoms with Gasteiger partial charge in [-0.25, -0.2) is 0 Å². The Morgan fingerprint density at radius 3 is 2.35 bits per heavy atom. The van der Waals surface area contributed by atoms with Gasteiger partial charge in [0.2, 0.25) is 0 Å². The normalized spacial score (nSPS) is 30.6. The van der Waals surface area contributed by atoms with E-state index >= 15 is 0 Å². The first-order chi connectivity index (χ1) is 9.72. The van der Waals surface area contributed by atoms with Crippen molar-refractivity contribution in [3.63, 3.8) is 0 Å². The Kier molecular flexibility index (Phi) is 6.83. The maximum atomic E-state index is 3.85. The summed E-state index contributed by atoms with van der Waals surface area (Å²) in [4.78, 5) is 2.83. The van der Waals surface area contributed by atoms with Crippen molar-refractivity contribution in [2.75, 3.05) is 19.6 Å². The molecule has 1 heterocycles. The van der Waals surface area contributed by atoms with Gasteiger partial charge in [0, 0.05) is 12.1 Å². The van der Waals surface area contributed by atoms with Crippen LogP contribution in [-0.2, 0) is 0 Å². The second-order valence-corrected chi connectivity index (χ2v) is 7.38. The molecule has 20 heavy (non-hydrogen) atoms. The first-order valence-corrected chi connectivity index (χ1v) is 9.19. The maximum absolute atomic E-state index is 3.85. The number of hydrogen-bond donors (Lipinski definition) is 1. The van der Waals surface area contributed by atoms with Crippen LogP contribution < -0.4 is 5.32 Å². The Morgan fingerprint density at radius 1 is 1.00 bits per heavy atom. The fraction of sp³-hybridized carbons (Fsp3) is 1.00. The van der Waals surface area contributed by atoms with E-state index in [0.717, 1.165) is 23.9 Å². The van der Waals surface area contributed by atoms with Gasteiger partial charge in [-0.3, -0.25) is 4.90 Å². The van der Waals surface area contributed by atoms with Crippen molar-refractivity contribution in [3.05, 3.63) is 0 Å². The summed E-state index contributed by atoms with van der Waals surface area (Å²) < 4.78 is 0. The number of nitrogens with zero attached hydrogens (tertiary/aromatic N) is 1. The largest absolute Gasteiger partial charge is 0.312 e. The molecule has 0 aromatic rings. The van der Waals surface area contributed by atoms with Crippen molar-refractivity contribution in [1.82, 2.24) is 10.2 Å². The van der Waals surface area contributed by atoms with E-state index < -0.39 is 0 Å². The standard InChI is InChI=1S/C18H36N2/c1-4-12-19-17-8-6-5-7-9-18(17)20-13-10-16(11-14-20)15(2)3/h15-19H,4-14H2,1-3H3. The lowest BCUT2D eigenvalue weighted by Crippen LogP contribution is -2.52. The Bertz CT molecular complexity index is 256. The molecule has 2 unspecified atom stereocenters. The molecule has 2 fully saturated rings. The highest BCUT2D eigenvalue weighted by molar-refractivity contribution is 4.89. The highest BCUT2D eigenvalue weighted by atomic mass is 15.2. The molecule has 1 aliphatic carbocycles. The molecule has 0 bridgehead atoms. The van der Waals surface area contributed by atoms with E-state index in [2.05, 4.69) is 31.0 Å². The lowest BCUT2D eigenvalue weighted by molar-refractivity contribution is 0.0884. The first-order valence-electron chi connectivity index (χ1n) is 9.19. The van der Waals surface area contributed by atoms with Gasteiger partial charge in [0.15, 0.2) is 0 Å². The molecular weight excluding hydrogens is 244 g/mol. The second-order valence-electron chi connectivity index (χ2n) is 7.38.